The average Bonchev–Trinajstić information content (AvgIpc) is 3.36. The normalized spacial score (nSPS) is 13.4. The second-order valence-electron chi connectivity index (χ2n) is 7.68. The third-order valence-corrected chi connectivity index (χ3v) is 7.63. The van der Waals surface area contributed by atoms with Gasteiger partial charge >= 0.3 is 0 Å². The summed E-state index contributed by atoms with van der Waals surface area (Å²) in [6.07, 6.45) is 1.31. The molecule has 0 fully saturated rings. The van der Waals surface area contributed by atoms with E-state index < -0.39 is 10.0 Å². The fraction of sp³-hybridized carbons (Fsp3) is 0.167. The zero-order valence-electron chi connectivity index (χ0n) is 17.0. The highest BCUT2D eigenvalue weighted by Gasteiger charge is 2.31. The van der Waals surface area contributed by atoms with Crippen LogP contribution in [0.25, 0.3) is 11.0 Å². The van der Waals surface area contributed by atoms with Crippen molar-refractivity contribution in [2.24, 2.45) is 7.05 Å². The number of hydrogen-bond donors (Lipinski definition) is 0. The SMILES string of the molecule is Cn1c(Cc2ccc(C#N)cc2)nc2cc(S(=O)(=O)N3CCc4ccccc43)ccc21. The van der Waals surface area contributed by atoms with Gasteiger partial charge in [0.2, 0.25) is 0 Å². The Morgan fingerprint density at radius 1 is 1.06 bits per heavy atom. The minimum atomic E-state index is -3.66. The molecule has 154 valence electrons. The molecule has 0 unspecified atom stereocenters. The number of anilines is 1. The molecule has 1 aromatic heterocycles. The fourth-order valence-corrected chi connectivity index (χ4v) is 5.64. The van der Waals surface area contributed by atoms with Crippen molar-refractivity contribution in [2.75, 3.05) is 10.8 Å². The highest BCUT2D eigenvalue weighted by atomic mass is 32.2. The molecule has 3 aromatic carbocycles. The maximum Gasteiger partial charge on any atom is 0.264 e. The zero-order valence-corrected chi connectivity index (χ0v) is 17.8. The van der Waals surface area contributed by atoms with Crippen LogP contribution < -0.4 is 4.31 Å². The molecular formula is C24H20N4O2S. The van der Waals surface area contributed by atoms with Crippen molar-refractivity contribution >= 4 is 26.7 Å². The minimum absolute atomic E-state index is 0.250. The standard InChI is InChI=1S/C24H20N4O2S/c1-27-23-11-10-20(31(29,30)28-13-12-19-4-2-3-5-22(19)28)15-21(23)26-24(27)14-17-6-8-18(16-25)9-7-17/h2-11,15H,12-14H2,1H3. The Labute approximate surface area is 181 Å². The largest absolute Gasteiger partial charge is 0.331 e. The second kappa shape index (κ2) is 7.25. The van der Waals surface area contributed by atoms with Crippen LogP contribution >= 0.6 is 0 Å². The van der Waals surface area contributed by atoms with Crippen LogP contribution in [0.3, 0.4) is 0 Å². The van der Waals surface area contributed by atoms with Crippen LogP contribution in [0.5, 0.6) is 0 Å². The van der Waals surface area contributed by atoms with Crippen LogP contribution in [0, 0.1) is 11.3 Å². The number of para-hydroxylation sites is 1. The lowest BCUT2D eigenvalue weighted by Crippen LogP contribution is -2.29. The van der Waals surface area contributed by atoms with Crippen LogP contribution in [0.15, 0.2) is 71.6 Å². The van der Waals surface area contributed by atoms with Crippen molar-refractivity contribution in [2.45, 2.75) is 17.7 Å². The first kappa shape index (κ1) is 19.3. The van der Waals surface area contributed by atoms with Gasteiger partial charge in [-0.05, 0) is 53.9 Å². The molecule has 0 aliphatic carbocycles. The number of imidazole rings is 1. The van der Waals surface area contributed by atoms with Gasteiger partial charge in [-0.1, -0.05) is 30.3 Å². The molecule has 0 saturated heterocycles. The summed E-state index contributed by atoms with van der Waals surface area (Å²) < 4.78 is 30.2. The smallest absolute Gasteiger partial charge is 0.264 e. The number of aryl methyl sites for hydroxylation is 1. The minimum Gasteiger partial charge on any atom is -0.331 e. The third-order valence-electron chi connectivity index (χ3n) is 5.82. The van der Waals surface area contributed by atoms with Crippen LogP contribution in [0.4, 0.5) is 5.69 Å². The fourth-order valence-electron chi connectivity index (χ4n) is 4.11. The van der Waals surface area contributed by atoms with E-state index >= 15 is 0 Å². The Kier molecular flexibility index (Phi) is 4.53. The van der Waals surface area contributed by atoms with Gasteiger partial charge in [-0.3, -0.25) is 4.31 Å². The van der Waals surface area contributed by atoms with E-state index in [4.69, 9.17) is 10.2 Å². The molecule has 6 nitrogen and oxygen atoms in total. The monoisotopic (exact) mass is 428 g/mol. The van der Waals surface area contributed by atoms with E-state index in [0.717, 1.165) is 34.6 Å². The molecule has 1 aliphatic rings. The van der Waals surface area contributed by atoms with E-state index in [2.05, 4.69) is 6.07 Å². The summed E-state index contributed by atoms with van der Waals surface area (Å²) in [6, 6.07) is 22.3. The van der Waals surface area contributed by atoms with Crippen LogP contribution in [-0.4, -0.2) is 24.5 Å². The lowest BCUT2D eigenvalue weighted by atomic mass is 10.1. The first-order valence-electron chi connectivity index (χ1n) is 10.0. The number of sulfonamides is 1. The lowest BCUT2D eigenvalue weighted by molar-refractivity contribution is 0.592. The van der Waals surface area contributed by atoms with Gasteiger partial charge in [0, 0.05) is 20.0 Å². The summed E-state index contributed by atoms with van der Waals surface area (Å²) in [6.45, 7) is 0.450. The molecule has 0 atom stereocenters. The summed E-state index contributed by atoms with van der Waals surface area (Å²) in [5.74, 6) is 0.834. The van der Waals surface area contributed by atoms with Crippen LogP contribution in [0.2, 0.25) is 0 Å². The molecule has 31 heavy (non-hydrogen) atoms. The summed E-state index contributed by atoms with van der Waals surface area (Å²) in [5.41, 5.74) is 5.00. The highest BCUT2D eigenvalue weighted by Crippen LogP contribution is 2.33. The zero-order chi connectivity index (χ0) is 21.6. The number of fused-ring (bicyclic) bond motifs is 2. The summed E-state index contributed by atoms with van der Waals surface area (Å²) in [5, 5.41) is 8.96. The summed E-state index contributed by atoms with van der Waals surface area (Å²) in [4.78, 5) is 4.96. The first-order valence-corrected chi connectivity index (χ1v) is 11.5. The number of benzene rings is 3. The molecule has 0 radical (unpaired) electrons. The number of rotatable bonds is 4. The van der Waals surface area contributed by atoms with E-state index in [1.165, 1.54) is 4.31 Å². The Morgan fingerprint density at radius 2 is 1.84 bits per heavy atom. The first-order chi connectivity index (χ1) is 15.0. The quantitative estimate of drug-likeness (QED) is 0.495. The van der Waals surface area contributed by atoms with E-state index in [9.17, 15) is 8.42 Å². The van der Waals surface area contributed by atoms with E-state index in [1.807, 2.05) is 54.1 Å². The molecular weight excluding hydrogens is 408 g/mol. The molecule has 0 bridgehead atoms. The van der Waals surface area contributed by atoms with E-state index in [-0.39, 0.29) is 4.90 Å². The topological polar surface area (TPSA) is 79.0 Å². The van der Waals surface area contributed by atoms with E-state index in [1.54, 1.807) is 24.3 Å². The molecule has 1 aliphatic heterocycles. The molecule has 0 spiro atoms. The number of nitriles is 1. The maximum absolute atomic E-state index is 13.3. The predicted octanol–water partition coefficient (Wildman–Crippen LogP) is 3.79. The van der Waals surface area contributed by atoms with Gasteiger partial charge in [0.1, 0.15) is 5.82 Å². The van der Waals surface area contributed by atoms with Gasteiger partial charge in [-0.15, -0.1) is 0 Å². The molecule has 7 heteroatoms. The second-order valence-corrected chi connectivity index (χ2v) is 9.54. The predicted molar refractivity (Wildman–Crippen MR) is 119 cm³/mol. The number of hydrogen-bond acceptors (Lipinski definition) is 4. The van der Waals surface area contributed by atoms with Gasteiger partial charge < -0.3 is 4.57 Å². The Balaban J connectivity index is 1.50. The van der Waals surface area contributed by atoms with Gasteiger partial charge in [0.25, 0.3) is 10.0 Å². The Hall–Kier alpha value is -3.63. The number of nitrogens with zero attached hydrogens (tertiary/aromatic N) is 4. The van der Waals surface area contributed by atoms with Crippen molar-refractivity contribution in [3.05, 3.63) is 89.2 Å². The van der Waals surface area contributed by atoms with Gasteiger partial charge in [-0.25, -0.2) is 13.4 Å². The maximum atomic E-state index is 13.3. The van der Waals surface area contributed by atoms with Crippen molar-refractivity contribution in [3.8, 4) is 6.07 Å². The molecule has 0 amide bonds. The van der Waals surface area contributed by atoms with Crippen LogP contribution in [0.1, 0.15) is 22.5 Å². The van der Waals surface area contributed by atoms with Gasteiger partial charge in [0.05, 0.1) is 33.2 Å². The Morgan fingerprint density at radius 3 is 2.61 bits per heavy atom. The molecule has 0 N–H and O–H groups in total. The molecule has 4 aromatic rings. The molecule has 2 heterocycles. The lowest BCUT2D eigenvalue weighted by Gasteiger charge is -2.19. The van der Waals surface area contributed by atoms with Gasteiger partial charge in [0.15, 0.2) is 0 Å². The van der Waals surface area contributed by atoms with Crippen molar-refractivity contribution in [1.82, 2.24) is 9.55 Å². The Bertz CT molecular complexity index is 1450. The average molecular weight is 429 g/mol. The highest BCUT2D eigenvalue weighted by molar-refractivity contribution is 7.92. The van der Waals surface area contributed by atoms with Crippen molar-refractivity contribution in [1.29, 1.82) is 5.26 Å². The third kappa shape index (κ3) is 3.25. The summed E-state index contributed by atoms with van der Waals surface area (Å²) in [7, 11) is -1.73. The molecule has 5 rings (SSSR count). The van der Waals surface area contributed by atoms with Crippen molar-refractivity contribution < 1.29 is 8.42 Å². The van der Waals surface area contributed by atoms with E-state index in [0.29, 0.717) is 24.0 Å². The van der Waals surface area contributed by atoms with Gasteiger partial charge in [-0.2, -0.15) is 5.26 Å². The number of aromatic nitrogens is 2. The van der Waals surface area contributed by atoms with Crippen LogP contribution in [-0.2, 0) is 29.9 Å². The van der Waals surface area contributed by atoms with Crippen molar-refractivity contribution in [3.63, 3.8) is 0 Å². The molecule has 0 saturated carbocycles. The summed E-state index contributed by atoms with van der Waals surface area (Å²) >= 11 is 0.